The number of halogens is 3. The van der Waals surface area contributed by atoms with E-state index in [0.29, 0.717) is 12.1 Å². The smallest absolute Gasteiger partial charge is 0.310 e. The molecule has 0 aliphatic carbocycles. The summed E-state index contributed by atoms with van der Waals surface area (Å²) in [5.74, 6) is 0. The number of hydrogen-bond acceptors (Lipinski definition) is 2. The van der Waals surface area contributed by atoms with Crippen molar-refractivity contribution in [2.45, 2.75) is 39.5 Å². The van der Waals surface area contributed by atoms with Crippen LogP contribution in [0.5, 0.6) is 0 Å². The number of alkyl halides is 3. The normalized spacial score (nSPS) is 12.1. The number of aromatic nitrogens is 2. The van der Waals surface area contributed by atoms with Crippen molar-refractivity contribution in [3.8, 4) is 5.69 Å². The molecule has 0 spiro atoms. The second kappa shape index (κ2) is 5.89. The molecule has 1 N–H and O–H groups in total. The molecule has 1 aromatic carbocycles. The molecular formula is C15H18F3N3. The third kappa shape index (κ3) is 3.85. The first-order valence-electron chi connectivity index (χ1n) is 6.72. The molecule has 2 aromatic rings. The Bertz CT molecular complexity index is 615. The van der Waals surface area contributed by atoms with Crippen LogP contribution in [-0.4, -0.2) is 15.8 Å². The van der Waals surface area contributed by atoms with Gasteiger partial charge in [0.2, 0.25) is 0 Å². The van der Waals surface area contributed by atoms with Gasteiger partial charge in [0.1, 0.15) is 0 Å². The second-order valence-corrected chi connectivity index (χ2v) is 5.35. The minimum atomic E-state index is -4.41. The minimum Gasteiger partial charge on any atom is -0.310 e. The molecule has 0 bridgehead atoms. The molecule has 0 saturated heterocycles. The third-order valence-corrected chi connectivity index (χ3v) is 3.04. The molecule has 1 heterocycles. The lowest BCUT2D eigenvalue weighted by Gasteiger charge is -2.15. The summed E-state index contributed by atoms with van der Waals surface area (Å²) < 4.78 is 41.0. The van der Waals surface area contributed by atoms with Gasteiger partial charge in [0, 0.05) is 18.8 Å². The highest BCUT2D eigenvalue weighted by Crippen LogP contribution is 2.34. The highest BCUT2D eigenvalue weighted by Gasteiger charge is 2.34. The fraction of sp³-hybridized carbons (Fsp3) is 0.400. The van der Waals surface area contributed by atoms with E-state index in [-0.39, 0.29) is 11.7 Å². The van der Waals surface area contributed by atoms with E-state index in [1.165, 1.54) is 23.0 Å². The van der Waals surface area contributed by atoms with Crippen molar-refractivity contribution in [2.24, 2.45) is 0 Å². The Labute approximate surface area is 121 Å². The molecule has 0 unspecified atom stereocenters. The molecule has 0 aliphatic heterocycles. The molecule has 0 radical (unpaired) electrons. The van der Waals surface area contributed by atoms with Gasteiger partial charge in [0.05, 0.1) is 17.4 Å². The lowest BCUT2D eigenvalue weighted by atomic mass is 10.1. The average molecular weight is 297 g/mol. The summed E-state index contributed by atoms with van der Waals surface area (Å²) in [6.07, 6.45) is -1.30. The third-order valence-electron chi connectivity index (χ3n) is 3.04. The maximum absolute atomic E-state index is 13.3. The number of aryl methyl sites for hydroxylation is 1. The summed E-state index contributed by atoms with van der Waals surface area (Å²) in [5, 5.41) is 7.08. The molecular weight excluding hydrogens is 279 g/mol. The van der Waals surface area contributed by atoms with Gasteiger partial charge in [0.15, 0.2) is 0 Å². The van der Waals surface area contributed by atoms with Gasteiger partial charge in [0.25, 0.3) is 0 Å². The van der Waals surface area contributed by atoms with Crippen molar-refractivity contribution in [3.63, 3.8) is 0 Å². The molecule has 0 amide bonds. The van der Waals surface area contributed by atoms with Gasteiger partial charge < -0.3 is 5.32 Å². The molecule has 3 nitrogen and oxygen atoms in total. The van der Waals surface area contributed by atoms with Gasteiger partial charge in [-0.1, -0.05) is 19.9 Å². The molecule has 0 fully saturated rings. The van der Waals surface area contributed by atoms with Crippen LogP contribution in [0.1, 0.15) is 30.5 Å². The maximum atomic E-state index is 13.3. The second-order valence-electron chi connectivity index (χ2n) is 5.35. The van der Waals surface area contributed by atoms with Crippen molar-refractivity contribution >= 4 is 0 Å². The zero-order chi connectivity index (χ0) is 15.6. The minimum absolute atomic E-state index is 0.0453. The van der Waals surface area contributed by atoms with Crippen molar-refractivity contribution in [3.05, 3.63) is 47.3 Å². The van der Waals surface area contributed by atoms with Crippen LogP contribution in [0.15, 0.2) is 30.6 Å². The molecule has 0 atom stereocenters. The number of nitrogens with one attached hydrogen (secondary N) is 1. The fourth-order valence-electron chi connectivity index (χ4n) is 1.99. The Balaban J connectivity index is 2.41. The largest absolute Gasteiger partial charge is 0.418 e. The molecule has 6 heteroatoms. The highest BCUT2D eigenvalue weighted by molar-refractivity contribution is 5.45. The predicted molar refractivity (Wildman–Crippen MR) is 75.3 cm³/mol. The molecule has 2 rings (SSSR count). The summed E-state index contributed by atoms with van der Waals surface area (Å²) >= 11 is 0. The van der Waals surface area contributed by atoms with E-state index in [4.69, 9.17) is 0 Å². The first-order valence-corrected chi connectivity index (χ1v) is 6.72. The first-order chi connectivity index (χ1) is 9.77. The van der Waals surface area contributed by atoms with E-state index in [2.05, 4.69) is 10.4 Å². The zero-order valence-electron chi connectivity index (χ0n) is 12.2. The molecule has 0 saturated carbocycles. The van der Waals surface area contributed by atoms with Crippen LogP contribution >= 0.6 is 0 Å². The standard InChI is InChI=1S/C15H18F3N3/c1-10(2)19-8-12-4-5-14(13(6-12)15(16,17)18)21-9-11(3)7-20-21/h4-7,9-10,19H,8H2,1-3H3. The van der Waals surface area contributed by atoms with Crippen LogP contribution < -0.4 is 5.32 Å². The van der Waals surface area contributed by atoms with Crippen molar-refractivity contribution in [1.29, 1.82) is 0 Å². The summed E-state index contributed by atoms with van der Waals surface area (Å²) in [4.78, 5) is 0. The number of benzene rings is 1. The average Bonchev–Trinajstić information content (AvgIpc) is 2.81. The Kier molecular flexibility index (Phi) is 4.37. The SMILES string of the molecule is Cc1cnn(-c2ccc(CNC(C)C)cc2C(F)(F)F)c1. The van der Waals surface area contributed by atoms with Gasteiger partial charge in [-0.2, -0.15) is 18.3 Å². The Morgan fingerprint density at radius 3 is 2.52 bits per heavy atom. The number of hydrogen-bond donors (Lipinski definition) is 1. The maximum Gasteiger partial charge on any atom is 0.418 e. The van der Waals surface area contributed by atoms with Gasteiger partial charge >= 0.3 is 6.18 Å². The summed E-state index contributed by atoms with van der Waals surface area (Å²) in [6, 6.07) is 4.55. The highest BCUT2D eigenvalue weighted by atomic mass is 19.4. The Hall–Kier alpha value is -1.82. The number of rotatable bonds is 4. The lowest BCUT2D eigenvalue weighted by molar-refractivity contribution is -0.137. The van der Waals surface area contributed by atoms with E-state index >= 15 is 0 Å². The number of nitrogens with zero attached hydrogens (tertiary/aromatic N) is 2. The fourth-order valence-corrected chi connectivity index (χ4v) is 1.99. The van der Waals surface area contributed by atoms with E-state index in [0.717, 1.165) is 5.56 Å². The molecule has 21 heavy (non-hydrogen) atoms. The Morgan fingerprint density at radius 1 is 1.29 bits per heavy atom. The van der Waals surface area contributed by atoms with Gasteiger partial charge in [-0.15, -0.1) is 0 Å². The van der Waals surface area contributed by atoms with Crippen LogP contribution in [0.3, 0.4) is 0 Å². The summed E-state index contributed by atoms with van der Waals surface area (Å²) in [5.41, 5.74) is 0.787. The quantitative estimate of drug-likeness (QED) is 0.932. The van der Waals surface area contributed by atoms with E-state index in [9.17, 15) is 13.2 Å². The summed E-state index contributed by atoms with van der Waals surface area (Å²) in [6.45, 7) is 6.09. The van der Waals surface area contributed by atoms with Crippen molar-refractivity contribution in [2.75, 3.05) is 0 Å². The summed E-state index contributed by atoms with van der Waals surface area (Å²) in [7, 11) is 0. The van der Waals surface area contributed by atoms with E-state index in [1.807, 2.05) is 13.8 Å². The topological polar surface area (TPSA) is 29.9 Å². The van der Waals surface area contributed by atoms with E-state index < -0.39 is 11.7 Å². The van der Waals surface area contributed by atoms with Gasteiger partial charge in [-0.05, 0) is 30.2 Å². The first kappa shape index (κ1) is 15.6. The molecule has 1 aromatic heterocycles. The van der Waals surface area contributed by atoms with Crippen molar-refractivity contribution < 1.29 is 13.2 Å². The predicted octanol–water partition coefficient (Wildman–Crippen LogP) is 3.70. The van der Waals surface area contributed by atoms with Crippen LogP contribution in [0.25, 0.3) is 5.69 Å². The van der Waals surface area contributed by atoms with Gasteiger partial charge in [-0.25, -0.2) is 4.68 Å². The molecule has 0 aliphatic rings. The van der Waals surface area contributed by atoms with Crippen LogP contribution in [-0.2, 0) is 12.7 Å². The molecule has 114 valence electrons. The van der Waals surface area contributed by atoms with E-state index in [1.54, 1.807) is 19.2 Å². The Morgan fingerprint density at radius 2 is 2.00 bits per heavy atom. The van der Waals surface area contributed by atoms with Crippen molar-refractivity contribution in [1.82, 2.24) is 15.1 Å². The van der Waals surface area contributed by atoms with Crippen LogP contribution in [0.4, 0.5) is 13.2 Å². The monoisotopic (exact) mass is 297 g/mol. The lowest BCUT2D eigenvalue weighted by Crippen LogP contribution is -2.22. The van der Waals surface area contributed by atoms with Crippen LogP contribution in [0, 0.1) is 6.92 Å². The van der Waals surface area contributed by atoms with Crippen LogP contribution in [0.2, 0.25) is 0 Å². The zero-order valence-corrected chi connectivity index (χ0v) is 12.2. The van der Waals surface area contributed by atoms with Gasteiger partial charge in [-0.3, -0.25) is 0 Å².